The van der Waals surface area contributed by atoms with E-state index in [-0.39, 0.29) is 5.78 Å². The molecule has 0 amide bonds. The van der Waals surface area contributed by atoms with Crippen molar-refractivity contribution in [2.45, 2.75) is 18.4 Å². The maximum absolute atomic E-state index is 12.2. The van der Waals surface area contributed by atoms with Gasteiger partial charge in [0.1, 0.15) is 11.4 Å². The zero-order valence-electron chi connectivity index (χ0n) is 9.90. The number of ketones is 1. The third-order valence-corrected chi connectivity index (χ3v) is 3.21. The van der Waals surface area contributed by atoms with Crippen LogP contribution in [0.3, 0.4) is 0 Å². The van der Waals surface area contributed by atoms with Gasteiger partial charge in [-0.15, -0.1) is 0 Å². The zero-order valence-corrected chi connectivity index (χ0v) is 9.90. The van der Waals surface area contributed by atoms with Crippen molar-refractivity contribution in [1.29, 1.82) is 0 Å². The van der Waals surface area contributed by atoms with E-state index in [2.05, 4.69) is 5.32 Å². The van der Waals surface area contributed by atoms with Gasteiger partial charge in [-0.1, -0.05) is 0 Å². The summed E-state index contributed by atoms with van der Waals surface area (Å²) in [6, 6.07) is 6.86. The van der Waals surface area contributed by atoms with E-state index in [4.69, 9.17) is 4.74 Å². The molecule has 1 aromatic carbocycles. The van der Waals surface area contributed by atoms with E-state index in [1.165, 1.54) is 0 Å². The molecule has 92 valence electrons. The molecule has 1 heterocycles. The van der Waals surface area contributed by atoms with Gasteiger partial charge in [0.2, 0.25) is 0 Å². The fraction of sp³-hybridized carbons (Fsp3) is 0.462. The lowest BCUT2D eigenvalue weighted by molar-refractivity contribution is 0.0155. The van der Waals surface area contributed by atoms with E-state index in [0.717, 1.165) is 0 Å². The van der Waals surface area contributed by atoms with E-state index in [0.29, 0.717) is 37.2 Å². The Balaban J connectivity index is 2.17. The molecule has 1 fully saturated rings. The average molecular weight is 235 g/mol. The summed E-state index contributed by atoms with van der Waals surface area (Å²) >= 11 is 0. The summed E-state index contributed by atoms with van der Waals surface area (Å²) < 4.78 is 5.04. The zero-order chi connectivity index (χ0) is 12.3. The molecular formula is C13H17NO3. The van der Waals surface area contributed by atoms with Gasteiger partial charge in [0, 0.05) is 5.56 Å². The second kappa shape index (κ2) is 4.85. The Morgan fingerprint density at radius 2 is 1.88 bits per heavy atom. The molecule has 4 heteroatoms. The first kappa shape index (κ1) is 12.1. The number of hydrogen-bond donors (Lipinski definition) is 2. The van der Waals surface area contributed by atoms with E-state index in [1.807, 2.05) is 0 Å². The summed E-state index contributed by atoms with van der Waals surface area (Å²) in [5.41, 5.74) is -0.671. The topological polar surface area (TPSA) is 58.6 Å². The van der Waals surface area contributed by atoms with Gasteiger partial charge in [-0.25, -0.2) is 0 Å². The second-order valence-electron chi connectivity index (χ2n) is 4.34. The Labute approximate surface area is 101 Å². The van der Waals surface area contributed by atoms with Gasteiger partial charge in [0.05, 0.1) is 7.11 Å². The van der Waals surface area contributed by atoms with Crippen molar-refractivity contribution in [3.63, 3.8) is 0 Å². The largest absolute Gasteiger partial charge is 0.497 e. The second-order valence-corrected chi connectivity index (χ2v) is 4.34. The minimum atomic E-state index is -1.21. The Kier molecular flexibility index (Phi) is 3.45. The summed E-state index contributed by atoms with van der Waals surface area (Å²) in [6.07, 6.45) is 0.940. The summed E-state index contributed by atoms with van der Waals surface area (Å²) in [6.45, 7) is 1.36. The van der Waals surface area contributed by atoms with E-state index in [9.17, 15) is 9.90 Å². The highest BCUT2D eigenvalue weighted by Crippen LogP contribution is 2.24. The highest BCUT2D eigenvalue weighted by molar-refractivity contribution is 6.02. The first-order valence-electron chi connectivity index (χ1n) is 5.78. The Bertz CT molecular complexity index is 394. The molecule has 2 rings (SSSR count). The van der Waals surface area contributed by atoms with Gasteiger partial charge >= 0.3 is 0 Å². The highest BCUT2D eigenvalue weighted by atomic mass is 16.5. The fourth-order valence-electron chi connectivity index (χ4n) is 2.08. The predicted octanol–water partition coefficient (Wildman–Crippen LogP) is 0.992. The van der Waals surface area contributed by atoms with Crippen LogP contribution in [0.2, 0.25) is 0 Å². The van der Waals surface area contributed by atoms with Gasteiger partial charge in [-0.3, -0.25) is 4.79 Å². The van der Waals surface area contributed by atoms with Crippen molar-refractivity contribution in [1.82, 2.24) is 5.32 Å². The number of ether oxygens (including phenoxy) is 1. The number of hydrogen-bond acceptors (Lipinski definition) is 4. The Morgan fingerprint density at radius 1 is 1.29 bits per heavy atom. The van der Waals surface area contributed by atoms with Crippen LogP contribution in [-0.4, -0.2) is 36.7 Å². The molecule has 1 aliphatic heterocycles. The number of carbonyl (C=O) groups is 1. The molecular weight excluding hydrogens is 218 g/mol. The van der Waals surface area contributed by atoms with Crippen molar-refractivity contribution < 1.29 is 14.6 Å². The smallest absolute Gasteiger partial charge is 0.194 e. The lowest BCUT2D eigenvalue weighted by atomic mass is 9.85. The van der Waals surface area contributed by atoms with E-state index < -0.39 is 5.60 Å². The third kappa shape index (κ3) is 2.48. The molecule has 1 aliphatic rings. The maximum atomic E-state index is 12.2. The quantitative estimate of drug-likeness (QED) is 0.767. The average Bonchev–Trinajstić information content (AvgIpc) is 2.39. The minimum absolute atomic E-state index is 0.193. The van der Waals surface area contributed by atoms with Crippen LogP contribution >= 0.6 is 0 Å². The van der Waals surface area contributed by atoms with E-state index >= 15 is 0 Å². The molecule has 2 N–H and O–H groups in total. The molecule has 0 unspecified atom stereocenters. The number of methoxy groups -OCH3 is 1. The predicted molar refractivity (Wildman–Crippen MR) is 64.4 cm³/mol. The molecule has 0 spiro atoms. The summed E-state index contributed by atoms with van der Waals surface area (Å²) in [7, 11) is 1.58. The van der Waals surface area contributed by atoms with Gasteiger partial charge < -0.3 is 15.2 Å². The molecule has 17 heavy (non-hydrogen) atoms. The van der Waals surface area contributed by atoms with Gasteiger partial charge in [0.25, 0.3) is 0 Å². The molecule has 0 bridgehead atoms. The van der Waals surface area contributed by atoms with Gasteiger partial charge in [0.15, 0.2) is 5.78 Å². The molecule has 1 aromatic rings. The highest BCUT2D eigenvalue weighted by Gasteiger charge is 2.37. The van der Waals surface area contributed by atoms with Gasteiger partial charge in [-0.2, -0.15) is 0 Å². The van der Waals surface area contributed by atoms with Crippen molar-refractivity contribution in [3.8, 4) is 5.75 Å². The standard InChI is InChI=1S/C13H17NO3/c1-17-11-4-2-10(3-5-11)12(15)13(16)6-8-14-9-7-13/h2-5,14,16H,6-9H2,1H3. The number of rotatable bonds is 3. The van der Waals surface area contributed by atoms with Crippen LogP contribution in [0.5, 0.6) is 5.75 Å². The number of piperidine rings is 1. The first-order chi connectivity index (χ1) is 8.15. The molecule has 0 aliphatic carbocycles. The minimum Gasteiger partial charge on any atom is -0.497 e. The van der Waals surface area contributed by atoms with Crippen molar-refractivity contribution in [2.75, 3.05) is 20.2 Å². The normalized spacial score (nSPS) is 18.7. The van der Waals surface area contributed by atoms with Crippen LogP contribution in [0.15, 0.2) is 24.3 Å². The van der Waals surface area contributed by atoms with Crippen molar-refractivity contribution in [2.24, 2.45) is 0 Å². The lowest BCUT2D eigenvalue weighted by Gasteiger charge is -2.31. The molecule has 0 radical (unpaired) electrons. The number of benzene rings is 1. The first-order valence-corrected chi connectivity index (χ1v) is 5.78. The molecule has 0 aromatic heterocycles. The monoisotopic (exact) mass is 235 g/mol. The summed E-state index contributed by atoms with van der Waals surface area (Å²) in [4.78, 5) is 12.2. The van der Waals surface area contributed by atoms with Crippen molar-refractivity contribution in [3.05, 3.63) is 29.8 Å². The summed E-state index contributed by atoms with van der Waals surface area (Å²) in [5.74, 6) is 0.514. The molecule has 4 nitrogen and oxygen atoms in total. The third-order valence-electron chi connectivity index (χ3n) is 3.21. The molecule has 0 atom stereocenters. The van der Waals surface area contributed by atoms with Gasteiger partial charge in [-0.05, 0) is 50.2 Å². The van der Waals surface area contributed by atoms with Crippen LogP contribution < -0.4 is 10.1 Å². The van der Waals surface area contributed by atoms with Crippen LogP contribution in [0.25, 0.3) is 0 Å². The number of nitrogens with one attached hydrogen (secondary N) is 1. The number of Topliss-reactive ketones (excluding diaryl/α,β-unsaturated/α-hetero) is 1. The van der Waals surface area contributed by atoms with Crippen molar-refractivity contribution >= 4 is 5.78 Å². The SMILES string of the molecule is COc1ccc(C(=O)C2(O)CCNCC2)cc1. The maximum Gasteiger partial charge on any atom is 0.194 e. The van der Waals surface area contributed by atoms with Crippen LogP contribution in [0.4, 0.5) is 0 Å². The summed E-state index contributed by atoms with van der Waals surface area (Å²) in [5, 5.41) is 13.4. The Hall–Kier alpha value is -1.39. The number of aliphatic hydroxyl groups is 1. The van der Waals surface area contributed by atoms with Crippen LogP contribution in [-0.2, 0) is 0 Å². The van der Waals surface area contributed by atoms with Crippen LogP contribution in [0, 0.1) is 0 Å². The Morgan fingerprint density at radius 3 is 2.41 bits per heavy atom. The molecule has 1 saturated heterocycles. The molecule has 0 saturated carbocycles. The van der Waals surface area contributed by atoms with E-state index in [1.54, 1.807) is 31.4 Å². The van der Waals surface area contributed by atoms with Crippen LogP contribution in [0.1, 0.15) is 23.2 Å². The number of carbonyl (C=O) groups excluding carboxylic acids is 1. The fourth-order valence-corrected chi connectivity index (χ4v) is 2.08. The lowest BCUT2D eigenvalue weighted by Crippen LogP contribution is -2.47.